The Bertz CT molecular complexity index is 1040. The smallest absolute Gasteiger partial charge is 0.317 e. The summed E-state index contributed by atoms with van der Waals surface area (Å²) >= 11 is 0. The second-order valence-corrected chi connectivity index (χ2v) is 7.93. The van der Waals surface area contributed by atoms with Crippen molar-refractivity contribution >= 4 is 22.9 Å². The lowest BCUT2D eigenvalue weighted by Crippen LogP contribution is -2.53. The number of nitrogens with zero attached hydrogens (tertiary/aromatic N) is 6. The molecule has 3 heterocycles. The number of carbonyl (C=O) groups is 1. The maximum Gasteiger partial charge on any atom is 0.317 e. The highest BCUT2D eigenvalue weighted by molar-refractivity contribution is 5.91. The van der Waals surface area contributed by atoms with Crippen LogP contribution in [0.1, 0.15) is 32.3 Å². The second kappa shape index (κ2) is 8.30. The minimum Gasteiger partial charge on any atom is -0.352 e. The summed E-state index contributed by atoms with van der Waals surface area (Å²) in [7, 11) is 0. The molecule has 1 aromatic carbocycles. The minimum atomic E-state index is -0.000176. The van der Waals surface area contributed by atoms with E-state index in [-0.39, 0.29) is 12.1 Å². The summed E-state index contributed by atoms with van der Waals surface area (Å²) in [6.07, 6.45) is 0.749. The van der Waals surface area contributed by atoms with Crippen LogP contribution in [-0.4, -0.2) is 62.9 Å². The van der Waals surface area contributed by atoms with Crippen molar-refractivity contribution in [2.45, 2.75) is 40.2 Å². The molecule has 0 bridgehead atoms. The summed E-state index contributed by atoms with van der Waals surface area (Å²) < 4.78 is 1.90. The number of hydrogen-bond donors (Lipinski definition) is 1. The lowest BCUT2D eigenvalue weighted by Gasteiger charge is -2.36. The number of fused-ring (bicyclic) bond motifs is 1. The molecule has 2 amide bonds. The number of aryl methyl sites for hydroxylation is 2. The number of nitrogens with one attached hydrogen (secondary N) is 1. The summed E-state index contributed by atoms with van der Waals surface area (Å²) in [5, 5.41) is 8.74. The van der Waals surface area contributed by atoms with Crippen LogP contribution >= 0.6 is 0 Å². The fourth-order valence-corrected chi connectivity index (χ4v) is 3.80. The van der Waals surface area contributed by atoms with Crippen molar-refractivity contribution in [1.29, 1.82) is 0 Å². The molecule has 1 aliphatic heterocycles. The number of para-hydroxylation sites is 1. The van der Waals surface area contributed by atoms with E-state index in [4.69, 9.17) is 15.1 Å². The van der Waals surface area contributed by atoms with E-state index in [1.54, 1.807) is 0 Å². The van der Waals surface area contributed by atoms with Crippen LogP contribution in [0.2, 0.25) is 0 Å². The number of rotatable bonds is 4. The van der Waals surface area contributed by atoms with Crippen LogP contribution < -0.4 is 10.2 Å². The zero-order chi connectivity index (χ0) is 21.3. The van der Waals surface area contributed by atoms with E-state index < -0.39 is 0 Å². The number of amides is 2. The van der Waals surface area contributed by atoms with E-state index in [1.165, 1.54) is 0 Å². The monoisotopic (exact) mass is 407 g/mol. The van der Waals surface area contributed by atoms with Crippen LogP contribution in [0, 0.1) is 6.92 Å². The first-order chi connectivity index (χ1) is 14.5. The van der Waals surface area contributed by atoms with Gasteiger partial charge in [0.1, 0.15) is 11.6 Å². The van der Waals surface area contributed by atoms with E-state index in [9.17, 15) is 4.79 Å². The highest BCUT2D eigenvalue weighted by Gasteiger charge is 2.26. The van der Waals surface area contributed by atoms with E-state index in [0.29, 0.717) is 13.1 Å². The zero-order valence-electron chi connectivity index (χ0n) is 18.1. The molecule has 8 heteroatoms. The first-order valence-corrected chi connectivity index (χ1v) is 10.6. The zero-order valence-corrected chi connectivity index (χ0v) is 18.1. The first-order valence-electron chi connectivity index (χ1n) is 10.6. The lowest BCUT2D eigenvalue weighted by molar-refractivity contribution is 0.192. The predicted octanol–water partition coefficient (Wildman–Crippen LogP) is 2.93. The number of anilines is 1. The van der Waals surface area contributed by atoms with Crippen molar-refractivity contribution in [2.75, 3.05) is 31.1 Å². The Morgan fingerprint density at radius 3 is 2.43 bits per heavy atom. The molecular weight excluding hydrogens is 378 g/mol. The summed E-state index contributed by atoms with van der Waals surface area (Å²) in [6, 6.07) is 10.2. The molecule has 1 fully saturated rings. The van der Waals surface area contributed by atoms with Crippen molar-refractivity contribution in [2.24, 2.45) is 0 Å². The molecule has 1 aliphatic rings. The molecular formula is C22H29N7O. The first kappa shape index (κ1) is 20.1. The Morgan fingerprint density at radius 1 is 1.10 bits per heavy atom. The summed E-state index contributed by atoms with van der Waals surface area (Å²) in [6.45, 7) is 10.8. The summed E-state index contributed by atoms with van der Waals surface area (Å²) in [4.78, 5) is 26.1. The second-order valence-electron chi connectivity index (χ2n) is 7.93. The van der Waals surface area contributed by atoms with Crippen LogP contribution in [0.25, 0.3) is 16.7 Å². The Kier molecular flexibility index (Phi) is 5.57. The van der Waals surface area contributed by atoms with Gasteiger partial charge in [-0.1, -0.05) is 25.1 Å². The van der Waals surface area contributed by atoms with E-state index in [0.717, 1.165) is 53.6 Å². The van der Waals surface area contributed by atoms with E-state index in [2.05, 4.69) is 17.1 Å². The van der Waals surface area contributed by atoms with Crippen LogP contribution in [-0.2, 0) is 6.42 Å². The highest BCUT2D eigenvalue weighted by Crippen LogP contribution is 2.29. The molecule has 0 unspecified atom stereocenters. The lowest BCUT2D eigenvalue weighted by atomic mass is 10.2. The minimum absolute atomic E-state index is 0.000176. The third-order valence-corrected chi connectivity index (χ3v) is 5.33. The molecule has 30 heavy (non-hydrogen) atoms. The number of hydrogen-bond acceptors (Lipinski definition) is 5. The average Bonchev–Trinajstić information content (AvgIpc) is 3.10. The Balaban J connectivity index is 1.68. The largest absolute Gasteiger partial charge is 0.352 e. The molecule has 8 nitrogen and oxygen atoms in total. The number of piperazine rings is 1. The molecule has 1 saturated heterocycles. The van der Waals surface area contributed by atoms with Gasteiger partial charge in [-0.05, 0) is 32.9 Å². The third kappa shape index (κ3) is 3.81. The van der Waals surface area contributed by atoms with Gasteiger partial charge in [0.05, 0.1) is 16.8 Å². The third-order valence-electron chi connectivity index (χ3n) is 5.33. The van der Waals surface area contributed by atoms with Gasteiger partial charge in [-0.2, -0.15) is 5.10 Å². The van der Waals surface area contributed by atoms with Gasteiger partial charge in [-0.15, -0.1) is 0 Å². The molecule has 158 valence electrons. The van der Waals surface area contributed by atoms with Gasteiger partial charge in [-0.25, -0.2) is 19.4 Å². The Morgan fingerprint density at radius 2 is 1.80 bits per heavy atom. The van der Waals surface area contributed by atoms with Crippen molar-refractivity contribution in [1.82, 2.24) is 30.0 Å². The molecule has 4 rings (SSSR count). The topological polar surface area (TPSA) is 79.2 Å². The SMILES string of the molecule is CCc1nc(N2CCN(C(=O)NC(C)C)CC2)c2c(C)nn(-c3ccccc3)c2n1. The normalized spacial score (nSPS) is 14.6. The predicted molar refractivity (Wildman–Crippen MR) is 118 cm³/mol. The number of benzene rings is 1. The Labute approximate surface area is 176 Å². The Hall–Kier alpha value is -3.16. The molecule has 0 atom stereocenters. The maximum absolute atomic E-state index is 12.3. The van der Waals surface area contributed by atoms with Gasteiger partial charge >= 0.3 is 6.03 Å². The maximum atomic E-state index is 12.3. The molecule has 0 radical (unpaired) electrons. The molecule has 1 N–H and O–H groups in total. The van der Waals surface area contributed by atoms with Crippen molar-refractivity contribution in [3.8, 4) is 5.69 Å². The van der Waals surface area contributed by atoms with Gasteiger partial charge in [-0.3, -0.25) is 0 Å². The van der Waals surface area contributed by atoms with Gasteiger partial charge in [0.15, 0.2) is 5.65 Å². The van der Waals surface area contributed by atoms with E-state index in [1.807, 2.05) is 60.7 Å². The molecule has 0 aliphatic carbocycles. The van der Waals surface area contributed by atoms with Gasteiger partial charge in [0.2, 0.25) is 0 Å². The van der Waals surface area contributed by atoms with Crippen molar-refractivity contribution in [3.05, 3.63) is 41.9 Å². The van der Waals surface area contributed by atoms with Crippen molar-refractivity contribution in [3.63, 3.8) is 0 Å². The van der Waals surface area contributed by atoms with E-state index >= 15 is 0 Å². The molecule has 0 saturated carbocycles. The van der Waals surface area contributed by atoms with Crippen molar-refractivity contribution < 1.29 is 4.79 Å². The van der Waals surface area contributed by atoms with Crippen LogP contribution in [0.5, 0.6) is 0 Å². The van der Waals surface area contributed by atoms with Gasteiger partial charge in [0.25, 0.3) is 0 Å². The number of carbonyl (C=O) groups excluding carboxylic acids is 1. The van der Waals surface area contributed by atoms with Gasteiger partial charge < -0.3 is 15.1 Å². The van der Waals surface area contributed by atoms with Crippen LogP contribution in [0.15, 0.2) is 30.3 Å². The van der Waals surface area contributed by atoms with Gasteiger partial charge in [0, 0.05) is 38.6 Å². The van der Waals surface area contributed by atoms with Crippen LogP contribution in [0.3, 0.4) is 0 Å². The summed E-state index contributed by atoms with van der Waals surface area (Å²) in [5.41, 5.74) is 2.73. The number of aromatic nitrogens is 4. The highest BCUT2D eigenvalue weighted by atomic mass is 16.2. The summed E-state index contributed by atoms with van der Waals surface area (Å²) in [5.74, 6) is 1.72. The molecule has 3 aromatic rings. The molecule has 2 aromatic heterocycles. The number of urea groups is 1. The standard InChI is InChI=1S/C22H29N7O/c1-5-18-24-20(27-11-13-28(14-12-27)22(30)23-15(2)3)19-16(4)26-29(21(19)25-18)17-9-7-6-8-10-17/h6-10,15H,5,11-14H2,1-4H3,(H,23,30). The fourth-order valence-electron chi connectivity index (χ4n) is 3.80. The quantitative estimate of drug-likeness (QED) is 0.719. The van der Waals surface area contributed by atoms with Crippen LogP contribution in [0.4, 0.5) is 10.6 Å². The molecule has 0 spiro atoms. The average molecular weight is 408 g/mol. The fraction of sp³-hybridized carbons (Fsp3) is 0.455.